The number of aryl methyl sites for hydroxylation is 1. The molecular formula is C23H21NO3S. The Morgan fingerprint density at radius 3 is 2.11 bits per heavy atom. The second-order valence-corrected chi connectivity index (χ2v) is 8.59. The van der Waals surface area contributed by atoms with Crippen molar-refractivity contribution in [3.8, 4) is 0 Å². The third kappa shape index (κ3) is 3.53. The van der Waals surface area contributed by atoms with Gasteiger partial charge in [0.2, 0.25) is 0 Å². The van der Waals surface area contributed by atoms with Crippen LogP contribution in [0.15, 0.2) is 96.0 Å². The molecule has 1 aliphatic heterocycles. The van der Waals surface area contributed by atoms with Crippen molar-refractivity contribution in [2.45, 2.75) is 17.9 Å². The van der Waals surface area contributed by atoms with Gasteiger partial charge in [-0.15, -0.1) is 0 Å². The molecule has 0 N–H and O–H groups in total. The first-order valence-electron chi connectivity index (χ1n) is 9.11. The highest BCUT2D eigenvalue weighted by Crippen LogP contribution is 2.35. The fourth-order valence-electron chi connectivity index (χ4n) is 3.23. The molecule has 0 amide bonds. The van der Waals surface area contributed by atoms with Gasteiger partial charge in [0, 0.05) is 5.56 Å². The van der Waals surface area contributed by atoms with Crippen molar-refractivity contribution < 1.29 is 13.2 Å². The molecule has 3 aromatic carbocycles. The predicted octanol–water partition coefficient (Wildman–Crippen LogP) is 4.76. The fraction of sp³-hybridized carbons (Fsp3) is 0.130. The highest BCUT2D eigenvalue weighted by Gasteiger charge is 2.34. The lowest BCUT2D eigenvalue weighted by Gasteiger charge is -2.35. The third-order valence-electron chi connectivity index (χ3n) is 4.79. The van der Waals surface area contributed by atoms with Crippen LogP contribution in [0.5, 0.6) is 0 Å². The average Bonchev–Trinajstić information content (AvgIpc) is 2.75. The normalized spacial score (nSPS) is 17.0. The van der Waals surface area contributed by atoms with E-state index in [1.807, 2.05) is 79.7 Å². The summed E-state index contributed by atoms with van der Waals surface area (Å²) in [7, 11) is -3.74. The number of hydrogen-bond acceptors (Lipinski definition) is 3. The van der Waals surface area contributed by atoms with Gasteiger partial charge in [-0.1, -0.05) is 78.4 Å². The van der Waals surface area contributed by atoms with Crippen LogP contribution in [0.4, 0.5) is 0 Å². The van der Waals surface area contributed by atoms with Gasteiger partial charge in [0.05, 0.1) is 11.1 Å². The van der Waals surface area contributed by atoms with E-state index in [1.54, 1.807) is 18.3 Å². The van der Waals surface area contributed by atoms with Gasteiger partial charge in [0.15, 0.2) is 0 Å². The SMILES string of the molecule is Cc1ccc(S(=O)(=O)N2C=C(c3ccccc3)OCC2c2ccccc2)cc1. The molecule has 0 aromatic heterocycles. The number of benzene rings is 3. The smallest absolute Gasteiger partial charge is 0.264 e. The lowest BCUT2D eigenvalue weighted by molar-refractivity contribution is 0.178. The molecule has 0 fully saturated rings. The van der Waals surface area contributed by atoms with Crippen molar-refractivity contribution in [2.75, 3.05) is 6.61 Å². The Morgan fingerprint density at radius 1 is 0.857 bits per heavy atom. The van der Waals surface area contributed by atoms with Crippen molar-refractivity contribution in [3.05, 3.63) is 108 Å². The van der Waals surface area contributed by atoms with Crippen molar-refractivity contribution in [1.29, 1.82) is 0 Å². The minimum atomic E-state index is -3.74. The van der Waals surface area contributed by atoms with Crippen LogP contribution in [0.2, 0.25) is 0 Å². The lowest BCUT2D eigenvalue weighted by Crippen LogP contribution is -2.36. The molecule has 0 aliphatic carbocycles. The minimum absolute atomic E-state index is 0.246. The second-order valence-electron chi connectivity index (χ2n) is 6.74. The number of hydrogen-bond donors (Lipinski definition) is 0. The summed E-state index contributed by atoms with van der Waals surface area (Å²) in [5, 5.41) is 0. The summed E-state index contributed by atoms with van der Waals surface area (Å²) in [6.45, 7) is 2.18. The van der Waals surface area contributed by atoms with E-state index >= 15 is 0 Å². The predicted molar refractivity (Wildman–Crippen MR) is 110 cm³/mol. The molecule has 28 heavy (non-hydrogen) atoms. The van der Waals surface area contributed by atoms with Crippen molar-refractivity contribution in [1.82, 2.24) is 4.31 Å². The Hall–Kier alpha value is -3.05. The average molecular weight is 391 g/mol. The third-order valence-corrected chi connectivity index (χ3v) is 6.57. The van der Waals surface area contributed by atoms with Gasteiger partial charge >= 0.3 is 0 Å². The zero-order valence-electron chi connectivity index (χ0n) is 15.5. The van der Waals surface area contributed by atoms with E-state index in [-0.39, 0.29) is 11.5 Å². The molecular weight excluding hydrogens is 370 g/mol. The van der Waals surface area contributed by atoms with Gasteiger partial charge in [-0.2, -0.15) is 0 Å². The zero-order valence-corrected chi connectivity index (χ0v) is 16.3. The summed E-state index contributed by atoms with van der Waals surface area (Å²) in [4.78, 5) is 0.268. The second kappa shape index (κ2) is 7.52. The van der Waals surface area contributed by atoms with E-state index in [9.17, 15) is 8.42 Å². The summed E-state index contributed by atoms with van der Waals surface area (Å²) in [6, 6.07) is 25.6. The minimum Gasteiger partial charge on any atom is -0.489 e. The molecule has 3 aromatic rings. The Morgan fingerprint density at radius 2 is 1.46 bits per heavy atom. The first-order valence-corrected chi connectivity index (χ1v) is 10.5. The van der Waals surface area contributed by atoms with E-state index in [2.05, 4.69) is 0 Å². The maximum Gasteiger partial charge on any atom is 0.264 e. The maximum atomic E-state index is 13.5. The Kier molecular flexibility index (Phi) is 4.92. The van der Waals surface area contributed by atoms with Gasteiger partial charge in [-0.3, -0.25) is 4.31 Å². The summed E-state index contributed by atoms with van der Waals surface area (Å²) in [5.74, 6) is 0.545. The van der Waals surface area contributed by atoms with Crippen LogP contribution < -0.4 is 0 Å². The van der Waals surface area contributed by atoms with Gasteiger partial charge in [0.25, 0.3) is 10.0 Å². The molecule has 1 aliphatic rings. The van der Waals surface area contributed by atoms with Crippen LogP contribution in [0, 0.1) is 6.92 Å². The molecule has 0 spiro atoms. The lowest BCUT2D eigenvalue weighted by atomic mass is 10.1. The Bertz CT molecular complexity index is 1080. The standard InChI is InChI=1S/C23H21NO3S/c1-18-12-14-21(15-13-18)28(25,26)24-16-23(20-10-6-3-7-11-20)27-17-22(24)19-8-4-2-5-9-19/h2-16,22H,17H2,1H3. The molecule has 1 heterocycles. The zero-order chi connectivity index (χ0) is 19.6. The summed E-state index contributed by atoms with van der Waals surface area (Å²) in [6.07, 6.45) is 1.60. The topological polar surface area (TPSA) is 46.6 Å². The van der Waals surface area contributed by atoms with Gasteiger partial charge in [0.1, 0.15) is 18.4 Å². The fourth-order valence-corrected chi connectivity index (χ4v) is 4.71. The quantitative estimate of drug-likeness (QED) is 0.644. The van der Waals surface area contributed by atoms with E-state index in [0.29, 0.717) is 5.76 Å². The first-order chi connectivity index (χ1) is 13.6. The molecule has 142 valence electrons. The molecule has 0 bridgehead atoms. The largest absolute Gasteiger partial charge is 0.489 e. The van der Waals surface area contributed by atoms with Crippen LogP contribution >= 0.6 is 0 Å². The highest BCUT2D eigenvalue weighted by atomic mass is 32.2. The highest BCUT2D eigenvalue weighted by molar-refractivity contribution is 7.89. The molecule has 0 saturated carbocycles. The van der Waals surface area contributed by atoms with E-state index in [0.717, 1.165) is 16.7 Å². The Balaban J connectivity index is 1.82. The van der Waals surface area contributed by atoms with E-state index < -0.39 is 16.1 Å². The van der Waals surface area contributed by atoms with Crippen LogP contribution in [0.25, 0.3) is 5.76 Å². The molecule has 4 rings (SSSR count). The maximum absolute atomic E-state index is 13.5. The van der Waals surface area contributed by atoms with Crippen molar-refractivity contribution >= 4 is 15.8 Å². The van der Waals surface area contributed by atoms with E-state index in [1.165, 1.54) is 4.31 Å². The Labute approximate surface area is 165 Å². The molecule has 1 unspecified atom stereocenters. The summed E-state index contributed by atoms with van der Waals surface area (Å²) >= 11 is 0. The molecule has 0 saturated heterocycles. The van der Waals surface area contributed by atoms with E-state index in [4.69, 9.17) is 4.74 Å². The molecule has 4 nitrogen and oxygen atoms in total. The van der Waals surface area contributed by atoms with Crippen LogP contribution in [-0.2, 0) is 14.8 Å². The van der Waals surface area contributed by atoms with Crippen LogP contribution in [0.1, 0.15) is 22.7 Å². The number of ether oxygens (including phenoxy) is 1. The van der Waals surface area contributed by atoms with Crippen molar-refractivity contribution in [2.24, 2.45) is 0 Å². The van der Waals surface area contributed by atoms with Crippen LogP contribution in [0.3, 0.4) is 0 Å². The summed E-state index contributed by atoms with van der Waals surface area (Å²) < 4.78 is 34.4. The molecule has 1 atom stereocenters. The number of rotatable bonds is 4. The monoisotopic (exact) mass is 391 g/mol. The van der Waals surface area contributed by atoms with Gasteiger partial charge < -0.3 is 4.74 Å². The molecule has 0 radical (unpaired) electrons. The summed E-state index contributed by atoms with van der Waals surface area (Å²) in [5.41, 5.74) is 2.75. The van der Waals surface area contributed by atoms with Crippen LogP contribution in [-0.4, -0.2) is 19.3 Å². The molecule has 5 heteroatoms. The van der Waals surface area contributed by atoms with Crippen molar-refractivity contribution in [3.63, 3.8) is 0 Å². The first kappa shape index (κ1) is 18.3. The van der Waals surface area contributed by atoms with Gasteiger partial charge in [-0.05, 0) is 24.6 Å². The van der Waals surface area contributed by atoms with Gasteiger partial charge in [-0.25, -0.2) is 8.42 Å². The number of nitrogens with zero attached hydrogens (tertiary/aromatic N) is 1. The number of sulfonamides is 1.